The Balaban J connectivity index is 1.75. The molecule has 0 saturated carbocycles. The van der Waals surface area contributed by atoms with Gasteiger partial charge in [-0.1, -0.05) is 18.2 Å². The van der Waals surface area contributed by atoms with E-state index in [9.17, 15) is 0 Å². The van der Waals surface area contributed by atoms with Crippen molar-refractivity contribution >= 4 is 16.9 Å². The molecule has 1 aromatic heterocycles. The van der Waals surface area contributed by atoms with E-state index in [-0.39, 0.29) is 5.54 Å². The summed E-state index contributed by atoms with van der Waals surface area (Å²) in [6.45, 7) is 7.94. The van der Waals surface area contributed by atoms with Crippen molar-refractivity contribution in [2.75, 3.05) is 24.5 Å². The van der Waals surface area contributed by atoms with Gasteiger partial charge in [0.05, 0.1) is 5.52 Å². The highest BCUT2D eigenvalue weighted by Gasteiger charge is 2.50. The zero-order valence-corrected chi connectivity index (χ0v) is 12.0. The molecule has 2 unspecified atom stereocenters. The Bertz CT molecular complexity index is 652. The summed E-state index contributed by atoms with van der Waals surface area (Å²) in [5, 5.41) is 4.62. The van der Waals surface area contributed by atoms with Crippen molar-refractivity contribution in [3.05, 3.63) is 30.5 Å². The molecule has 1 aromatic carbocycles. The number of anilines is 1. The second-order valence-corrected chi connectivity index (χ2v) is 6.52. The minimum absolute atomic E-state index is 0.122. The van der Waals surface area contributed by atoms with Gasteiger partial charge in [-0.25, -0.2) is 9.97 Å². The lowest BCUT2D eigenvalue weighted by atomic mass is 9.85. The second kappa shape index (κ2) is 4.16. The Morgan fingerprint density at radius 1 is 1.25 bits per heavy atom. The standard InChI is InChI=1S/C16H20N4/c1-16(2)13-9-17-7-12(13)10-20(16)15-18-8-11-5-3-4-6-14(11)19-15/h3-6,8,12-13,17H,7,9-10H2,1-2H3. The fraction of sp³-hybridized carbons (Fsp3) is 0.500. The molecule has 1 N–H and O–H groups in total. The third-order valence-electron chi connectivity index (χ3n) is 5.08. The van der Waals surface area contributed by atoms with Crippen LogP contribution < -0.4 is 10.2 Å². The molecular weight excluding hydrogens is 248 g/mol. The first kappa shape index (κ1) is 12.1. The van der Waals surface area contributed by atoms with Gasteiger partial charge in [-0.05, 0) is 31.7 Å². The molecule has 4 nitrogen and oxygen atoms in total. The molecule has 3 heterocycles. The molecule has 4 rings (SSSR count). The first-order valence-electron chi connectivity index (χ1n) is 7.36. The fourth-order valence-corrected chi connectivity index (χ4v) is 3.85. The van der Waals surface area contributed by atoms with Gasteiger partial charge in [0.15, 0.2) is 0 Å². The van der Waals surface area contributed by atoms with Crippen LogP contribution in [-0.4, -0.2) is 35.1 Å². The summed E-state index contributed by atoms with van der Waals surface area (Å²) in [5.74, 6) is 2.29. The van der Waals surface area contributed by atoms with Crippen molar-refractivity contribution in [2.24, 2.45) is 11.8 Å². The highest BCUT2D eigenvalue weighted by Crippen LogP contribution is 2.42. The van der Waals surface area contributed by atoms with E-state index in [4.69, 9.17) is 4.98 Å². The van der Waals surface area contributed by atoms with Gasteiger partial charge < -0.3 is 10.2 Å². The quantitative estimate of drug-likeness (QED) is 0.859. The van der Waals surface area contributed by atoms with E-state index in [0.29, 0.717) is 5.92 Å². The van der Waals surface area contributed by atoms with Gasteiger partial charge in [0.1, 0.15) is 0 Å². The predicted octanol–water partition coefficient (Wildman–Crippen LogP) is 2.06. The molecule has 0 amide bonds. The van der Waals surface area contributed by atoms with Gasteiger partial charge in [-0.15, -0.1) is 0 Å². The first-order chi connectivity index (χ1) is 9.66. The van der Waals surface area contributed by atoms with E-state index in [0.717, 1.165) is 42.4 Å². The Morgan fingerprint density at radius 2 is 2.10 bits per heavy atom. The van der Waals surface area contributed by atoms with Crippen LogP contribution in [0.4, 0.5) is 5.95 Å². The smallest absolute Gasteiger partial charge is 0.226 e. The normalized spacial score (nSPS) is 28.0. The zero-order valence-electron chi connectivity index (χ0n) is 12.0. The summed E-state index contributed by atoms with van der Waals surface area (Å²) in [5.41, 5.74) is 1.15. The Hall–Kier alpha value is -1.68. The van der Waals surface area contributed by atoms with E-state index in [1.165, 1.54) is 0 Å². The van der Waals surface area contributed by atoms with E-state index >= 15 is 0 Å². The van der Waals surface area contributed by atoms with Crippen LogP contribution in [-0.2, 0) is 0 Å². The van der Waals surface area contributed by atoms with Crippen molar-refractivity contribution in [3.8, 4) is 0 Å². The number of nitrogens with one attached hydrogen (secondary N) is 1. The molecule has 2 atom stereocenters. The molecule has 4 heteroatoms. The second-order valence-electron chi connectivity index (χ2n) is 6.52. The summed E-state index contributed by atoms with van der Waals surface area (Å²) >= 11 is 0. The highest BCUT2D eigenvalue weighted by molar-refractivity contribution is 5.78. The number of hydrogen-bond acceptors (Lipinski definition) is 4. The Labute approximate surface area is 119 Å². The van der Waals surface area contributed by atoms with Crippen LogP contribution in [0.15, 0.2) is 30.5 Å². The summed E-state index contributed by atoms with van der Waals surface area (Å²) in [6.07, 6.45) is 1.94. The van der Waals surface area contributed by atoms with Crippen LogP contribution in [0.2, 0.25) is 0 Å². The summed E-state index contributed by atoms with van der Waals surface area (Å²) in [6, 6.07) is 8.19. The SMILES string of the molecule is CC1(C)C2CNCC2CN1c1ncc2ccccc2n1. The fourth-order valence-electron chi connectivity index (χ4n) is 3.85. The lowest BCUT2D eigenvalue weighted by Gasteiger charge is -2.35. The van der Waals surface area contributed by atoms with Crippen molar-refractivity contribution < 1.29 is 0 Å². The van der Waals surface area contributed by atoms with E-state index in [1.807, 2.05) is 18.3 Å². The molecule has 2 aliphatic heterocycles. The molecule has 2 saturated heterocycles. The summed E-state index contributed by atoms with van der Waals surface area (Å²) in [7, 11) is 0. The van der Waals surface area contributed by atoms with Crippen LogP contribution >= 0.6 is 0 Å². The van der Waals surface area contributed by atoms with Crippen molar-refractivity contribution in [1.82, 2.24) is 15.3 Å². The van der Waals surface area contributed by atoms with Gasteiger partial charge >= 0.3 is 0 Å². The zero-order chi connectivity index (χ0) is 13.7. The Morgan fingerprint density at radius 3 is 2.95 bits per heavy atom. The number of rotatable bonds is 1. The molecule has 20 heavy (non-hydrogen) atoms. The maximum absolute atomic E-state index is 4.77. The number of aromatic nitrogens is 2. The number of para-hydroxylation sites is 1. The molecule has 0 spiro atoms. The lowest BCUT2D eigenvalue weighted by molar-refractivity contribution is 0.355. The number of fused-ring (bicyclic) bond motifs is 2. The van der Waals surface area contributed by atoms with Crippen molar-refractivity contribution in [2.45, 2.75) is 19.4 Å². The molecule has 0 aliphatic carbocycles. The Kier molecular flexibility index (Phi) is 2.51. The van der Waals surface area contributed by atoms with Crippen LogP contribution in [0, 0.1) is 11.8 Å². The van der Waals surface area contributed by atoms with Gasteiger partial charge in [0.2, 0.25) is 5.95 Å². The minimum Gasteiger partial charge on any atom is -0.335 e. The molecule has 2 aromatic rings. The molecule has 104 valence electrons. The van der Waals surface area contributed by atoms with Gasteiger partial charge in [0, 0.05) is 36.8 Å². The average molecular weight is 268 g/mol. The van der Waals surface area contributed by atoms with E-state index < -0.39 is 0 Å². The van der Waals surface area contributed by atoms with E-state index in [1.54, 1.807) is 0 Å². The molecule has 2 aliphatic rings. The van der Waals surface area contributed by atoms with Crippen molar-refractivity contribution in [1.29, 1.82) is 0 Å². The third-order valence-corrected chi connectivity index (χ3v) is 5.08. The predicted molar refractivity (Wildman–Crippen MR) is 80.8 cm³/mol. The molecule has 0 radical (unpaired) electrons. The average Bonchev–Trinajstić information content (AvgIpc) is 3.01. The van der Waals surface area contributed by atoms with E-state index in [2.05, 4.69) is 41.2 Å². The molecule has 2 fully saturated rings. The molecular formula is C16H20N4. The summed E-state index contributed by atoms with van der Waals surface area (Å²) < 4.78 is 0. The summed E-state index contributed by atoms with van der Waals surface area (Å²) in [4.78, 5) is 11.8. The van der Waals surface area contributed by atoms with Crippen LogP contribution in [0.5, 0.6) is 0 Å². The number of benzene rings is 1. The van der Waals surface area contributed by atoms with Crippen LogP contribution in [0.25, 0.3) is 10.9 Å². The van der Waals surface area contributed by atoms with Gasteiger partial charge in [0.25, 0.3) is 0 Å². The first-order valence-corrected chi connectivity index (χ1v) is 7.36. The number of nitrogens with zero attached hydrogens (tertiary/aromatic N) is 3. The highest BCUT2D eigenvalue weighted by atomic mass is 15.3. The monoisotopic (exact) mass is 268 g/mol. The van der Waals surface area contributed by atoms with Gasteiger partial charge in [-0.3, -0.25) is 0 Å². The van der Waals surface area contributed by atoms with Gasteiger partial charge in [-0.2, -0.15) is 0 Å². The third kappa shape index (κ3) is 1.64. The van der Waals surface area contributed by atoms with Crippen LogP contribution in [0.3, 0.4) is 0 Å². The van der Waals surface area contributed by atoms with Crippen molar-refractivity contribution in [3.63, 3.8) is 0 Å². The largest absolute Gasteiger partial charge is 0.335 e. The topological polar surface area (TPSA) is 41.0 Å². The van der Waals surface area contributed by atoms with Crippen LogP contribution in [0.1, 0.15) is 13.8 Å². The number of hydrogen-bond donors (Lipinski definition) is 1. The maximum atomic E-state index is 4.77. The minimum atomic E-state index is 0.122. The molecule has 0 bridgehead atoms. The maximum Gasteiger partial charge on any atom is 0.226 e. The lowest BCUT2D eigenvalue weighted by Crippen LogP contribution is -2.45.